The van der Waals surface area contributed by atoms with Crippen molar-refractivity contribution in [3.63, 3.8) is 0 Å². The predicted molar refractivity (Wildman–Crippen MR) is 99.9 cm³/mol. The van der Waals surface area contributed by atoms with E-state index in [4.69, 9.17) is 9.84 Å². The molecule has 2 aliphatic heterocycles. The van der Waals surface area contributed by atoms with Crippen molar-refractivity contribution in [3.8, 4) is 0 Å². The van der Waals surface area contributed by atoms with E-state index < -0.39 is 17.8 Å². The summed E-state index contributed by atoms with van der Waals surface area (Å²) in [6, 6.07) is 13.7. The summed E-state index contributed by atoms with van der Waals surface area (Å²) in [6.07, 6.45) is -4.05. The molecule has 1 fully saturated rings. The number of ether oxygens (including phenoxy) is 1. The minimum Gasteiger partial charge on any atom is -0.395 e. The van der Waals surface area contributed by atoms with Gasteiger partial charge < -0.3 is 20.5 Å². The molecule has 0 aromatic heterocycles. The Morgan fingerprint density at radius 1 is 1.14 bits per heavy atom. The Morgan fingerprint density at radius 3 is 2.64 bits per heavy atom. The van der Waals surface area contributed by atoms with Crippen LogP contribution in [0.1, 0.15) is 35.3 Å². The van der Waals surface area contributed by atoms with Crippen LogP contribution in [0.15, 0.2) is 48.5 Å². The second kappa shape index (κ2) is 7.73. The fourth-order valence-corrected chi connectivity index (χ4v) is 4.28. The molecule has 4 atom stereocenters. The zero-order chi connectivity index (χ0) is 19.7. The van der Waals surface area contributed by atoms with Crippen LogP contribution in [0.4, 0.5) is 18.9 Å². The van der Waals surface area contributed by atoms with Gasteiger partial charge in [0.15, 0.2) is 0 Å². The number of anilines is 1. The summed E-state index contributed by atoms with van der Waals surface area (Å²) in [5, 5.41) is 15.8. The Hall–Kier alpha value is -2.09. The van der Waals surface area contributed by atoms with E-state index in [-0.39, 0.29) is 24.6 Å². The molecule has 2 aromatic carbocycles. The molecule has 2 aliphatic rings. The first kappa shape index (κ1) is 19.2. The second-order valence-electron chi connectivity index (χ2n) is 7.36. The van der Waals surface area contributed by atoms with Gasteiger partial charge in [0, 0.05) is 29.8 Å². The molecule has 1 saturated heterocycles. The lowest BCUT2D eigenvalue weighted by molar-refractivity contribution is -0.137. The Morgan fingerprint density at radius 2 is 1.93 bits per heavy atom. The Balaban J connectivity index is 1.70. The molecule has 28 heavy (non-hydrogen) atoms. The zero-order valence-corrected chi connectivity index (χ0v) is 15.2. The number of halogens is 3. The van der Waals surface area contributed by atoms with Gasteiger partial charge in [0.05, 0.1) is 30.9 Å². The molecule has 0 radical (unpaired) electrons. The molecule has 0 spiro atoms. The Kier molecular flexibility index (Phi) is 5.31. The average Bonchev–Trinajstić information content (AvgIpc) is 2.71. The fraction of sp³-hybridized carbons (Fsp3) is 0.429. The average molecular weight is 392 g/mol. The van der Waals surface area contributed by atoms with Crippen molar-refractivity contribution in [2.75, 3.05) is 25.1 Å². The molecule has 2 heterocycles. The van der Waals surface area contributed by atoms with Gasteiger partial charge in [-0.3, -0.25) is 0 Å². The minimum absolute atomic E-state index is 0.0247. The van der Waals surface area contributed by atoms with Crippen molar-refractivity contribution in [2.24, 2.45) is 5.92 Å². The highest BCUT2D eigenvalue weighted by atomic mass is 19.4. The van der Waals surface area contributed by atoms with E-state index in [9.17, 15) is 13.2 Å². The SMILES string of the molecule is OCCNC1COC2c3cc(C(F)(F)F)ccc3NC(c3ccccc3)C2C1. The van der Waals surface area contributed by atoms with Crippen LogP contribution in [-0.4, -0.2) is 30.9 Å². The minimum atomic E-state index is -4.39. The number of aliphatic hydroxyl groups excluding tert-OH is 1. The van der Waals surface area contributed by atoms with Gasteiger partial charge in [-0.2, -0.15) is 13.2 Å². The van der Waals surface area contributed by atoms with Crippen molar-refractivity contribution in [2.45, 2.75) is 30.8 Å². The van der Waals surface area contributed by atoms with Gasteiger partial charge in [-0.25, -0.2) is 0 Å². The number of rotatable bonds is 4. The summed E-state index contributed by atoms with van der Waals surface area (Å²) in [6.45, 7) is 0.894. The normalized spacial score (nSPS) is 26.9. The topological polar surface area (TPSA) is 53.5 Å². The highest BCUT2D eigenvalue weighted by molar-refractivity contribution is 5.58. The van der Waals surface area contributed by atoms with E-state index >= 15 is 0 Å². The third kappa shape index (κ3) is 3.74. The fourth-order valence-electron chi connectivity index (χ4n) is 4.28. The largest absolute Gasteiger partial charge is 0.416 e. The number of alkyl halides is 3. The highest BCUT2D eigenvalue weighted by Gasteiger charge is 2.43. The van der Waals surface area contributed by atoms with Gasteiger partial charge >= 0.3 is 6.18 Å². The number of benzene rings is 2. The van der Waals surface area contributed by atoms with Crippen molar-refractivity contribution in [1.29, 1.82) is 0 Å². The van der Waals surface area contributed by atoms with Gasteiger partial charge in [-0.1, -0.05) is 30.3 Å². The summed E-state index contributed by atoms with van der Waals surface area (Å²) in [5.74, 6) is -0.0247. The quantitative estimate of drug-likeness (QED) is 0.739. The first-order chi connectivity index (χ1) is 13.5. The molecule has 3 N–H and O–H groups in total. The van der Waals surface area contributed by atoms with Crippen LogP contribution in [0.25, 0.3) is 0 Å². The monoisotopic (exact) mass is 392 g/mol. The summed E-state index contributed by atoms with van der Waals surface area (Å²) in [4.78, 5) is 0. The van der Waals surface area contributed by atoms with Crippen molar-refractivity contribution in [3.05, 3.63) is 65.2 Å². The van der Waals surface area contributed by atoms with E-state index in [0.717, 1.165) is 18.1 Å². The van der Waals surface area contributed by atoms with Crippen LogP contribution in [0, 0.1) is 5.92 Å². The third-order valence-corrected chi connectivity index (χ3v) is 5.55. The molecule has 0 saturated carbocycles. The molecule has 0 bridgehead atoms. The smallest absolute Gasteiger partial charge is 0.395 e. The molecule has 2 aromatic rings. The van der Waals surface area contributed by atoms with E-state index in [0.29, 0.717) is 24.4 Å². The molecule has 4 nitrogen and oxygen atoms in total. The molecule has 7 heteroatoms. The summed E-state index contributed by atoms with van der Waals surface area (Å²) in [5.41, 5.74) is 1.67. The molecule has 0 aliphatic carbocycles. The van der Waals surface area contributed by atoms with E-state index in [1.165, 1.54) is 12.1 Å². The third-order valence-electron chi connectivity index (χ3n) is 5.55. The number of fused-ring (bicyclic) bond motifs is 3. The molecule has 150 valence electrons. The van der Waals surface area contributed by atoms with Gasteiger partial charge in [-0.15, -0.1) is 0 Å². The zero-order valence-electron chi connectivity index (χ0n) is 15.2. The second-order valence-corrected chi connectivity index (χ2v) is 7.36. The molecule has 4 unspecified atom stereocenters. The van der Waals surface area contributed by atoms with Gasteiger partial charge in [-0.05, 0) is 30.2 Å². The number of hydrogen-bond donors (Lipinski definition) is 3. The van der Waals surface area contributed by atoms with Crippen LogP contribution in [0.5, 0.6) is 0 Å². The first-order valence-electron chi connectivity index (χ1n) is 9.46. The maximum atomic E-state index is 13.2. The lowest BCUT2D eigenvalue weighted by Crippen LogP contribution is -2.46. The van der Waals surface area contributed by atoms with Crippen molar-refractivity contribution in [1.82, 2.24) is 5.32 Å². The maximum Gasteiger partial charge on any atom is 0.416 e. The summed E-state index contributed by atoms with van der Waals surface area (Å²) in [7, 11) is 0. The van der Waals surface area contributed by atoms with Crippen LogP contribution in [-0.2, 0) is 10.9 Å². The van der Waals surface area contributed by atoms with E-state index in [1.807, 2.05) is 30.3 Å². The Labute approximate surface area is 161 Å². The first-order valence-corrected chi connectivity index (χ1v) is 9.46. The standard InChI is InChI=1S/C21H23F3N2O2/c22-21(23,24)14-6-7-18-16(10-14)20-17(11-15(12-28-20)25-8-9-27)19(26-18)13-4-2-1-3-5-13/h1-7,10,15,17,19-20,25-27H,8-9,11-12H2. The summed E-state index contributed by atoms with van der Waals surface area (Å²) < 4.78 is 45.8. The maximum absolute atomic E-state index is 13.2. The number of nitrogens with one attached hydrogen (secondary N) is 2. The predicted octanol–water partition coefficient (Wildman–Crippen LogP) is 3.90. The number of hydrogen-bond acceptors (Lipinski definition) is 4. The van der Waals surface area contributed by atoms with E-state index in [1.54, 1.807) is 0 Å². The Bertz CT molecular complexity index is 813. The summed E-state index contributed by atoms with van der Waals surface area (Å²) >= 11 is 0. The molecule has 4 rings (SSSR count). The van der Waals surface area contributed by atoms with Crippen LogP contribution in [0.2, 0.25) is 0 Å². The van der Waals surface area contributed by atoms with Crippen molar-refractivity contribution < 1.29 is 23.0 Å². The van der Waals surface area contributed by atoms with Crippen molar-refractivity contribution >= 4 is 5.69 Å². The lowest BCUT2D eigenvalue weighted by atomic mass is 9.76. The molecular weight excluding hydrogens is 369 g/mol. The van der Waals surface area contributed by atoms with Gasteiger partial charge in [0.25, 0.3) is 0 Å². The van der Waals surface area contributed by atoms with Gasteiger partial charge in [0.2, 0.25) is 0 Å². The molecular formula is C21H23F3N2O2. The van der Waals surface area contributed by atoms with Crippen LogP contribution < -0.4 is 10.6 Å². The highest BCUT2D eigenvalue weighted by Crippen LogP contribution is 2.50. The van der Waals surface area contributed by atoms with Crippen LogP contribution in [0.3, 0.4) is 0 Å². The number of aliphatic hydroxyl groups is 1. The van der Waals surface area contributed by atoms with Gasteiger partial charge in [0.1, 0.15) is 0 Å². The van der Waals surface area contributed by atoms with E-state index in [2.05, 4.69) is 10.6 Å². The molecule has 0 amide bonds. The lowest BCUT2D eigenvalue weighted by Gasteiger charge is -2.46. The van der Waals surface area contributed by atoms with Crippen LogP contribution >= 0.6 is 0 Å².